The van der Waals surface area contributed by atoms with Crippen molar-refractivity contribution in [3.05, 3.63) is 42.6 Å². The van der Waals surface area contributed by atoms with Crippen LogP contribution in [0.5, 0.6) is 0 Å². The Balaban J connectivity index is 1.60. The molecule has 1 saturated heterocycles. The third-order valence-electron chi connectivity index (χ3n) is 4.83. The van der Waals surface area contributed by atoms with E-state index >= 15 is 0 Å². The monoisotopic (exact) mass is 311 g/mol. The number of pyridine rings is 1. The van der Waals surface area contributed by atoms with E-state index in [2.05, 4.69) is 15.3 Å². The Morgan fingerprint density at radius 3 is 3.00 bits per heavy atom. The topological polar surface area (TPSA) is 80.1 Å². The minimum Gasteiger partial charge on any atom is -0.324 e. The number of amides is 2. The molecule has 1 fully saturated rings. The van der Waals surface area contributed by atoms with Gasteiger partial charge in [0.25, 0.3) is 0 Å². The van der Waals surface area contributed by atoms with Gasteiger partial charge in [0.15, 0.2) is 0 Å². The summed E-state index contributed by atoms with van der Waals surface area (Å²) in [6.45, 7) is 1.18. The summed E-state index contributed by atoms with van der Waals surface area (Å²) in [4.78, 5) is 35.0. The molecule has 1 N–H and O–H groups in total. The van der Waals surface area contributed by atoms with Crippen molar-refractivity contribution in [2.45, 2.75) is 24.7 Å². The molecule has 0 bridgehead atoms. The van der Waals surface area contributed by atoms with Gasteiger partial charge in [-0.05, 0) is 25.3 Å². The maximum atomic E-state index is 12.6. The summed E-state index contributed by atoms with van der Waals surface area (Å²) in [5, 5.41) is 2.89. The zero-order chi connectivity index (χ0) is 15.9. The number of fused-ring (bicyclic) bond motifs is 2. The molecule has 0 radical (unpaired) electrons. The summed E-state index contributed by atoms with van der Waals surface area (Å²) in [6.07, 6.45) is 8.54. The van der Waals surface area contributed by atoms with Gasteiger partial charge in [0, 0.05) is 37.2 Å². The van der Waals surface area contributed by atoms with Gasteiger partial charge in [-0.25, -0.2) is 14.8 Å². The smallest absolute Gasteiger partial charge is 0.324 e. The van der Waals surface area contributed by atoms with Crippen LogP contribution in [0.1, 0.15) is 24.8 Å². The zero-order valence-electron chi connectivity index (χ0n) is 12.6. The van der Waals surface area contributed by atoms with Gasteiger partial charge < -0.3 is 10.2 Å². The highest BCUT2D eigenvalue weighted by Crippen LogP contribution is 2.43. The van der Waals surface area contributed by atoms with Gasteiger partial charge in [-0.3, -0.25) is 9.36 Å². The van der Waals surface area contributed by atoms with E-state index < -0.39 is 5.41 Å². The highest BCUT2D eigenvalue weighted by Gasteiger charge is 2.48. The first-order valence-electron chi connectivity index (χ1n) is 7.75. The first kappa shape index (κ1) is 13.9. The van der Waals surface area contributed by atoms with Crippen LogP contribution in [0.25, 0.3) is 0 Å². The molecular formula is C16H17N5O2. The van der Waals surface area contributed by atoms with Gasteiger partial charge in [0.2, 0.25) is 5.91 Å². The van der Waals surface area contributed by atoms with Crippen LogP contribution in [-0.2, 0) is 10.2 Å². The molecule has 2 aliphatic heterocycles. The molecule has 7 heteroatoms. The van der Waals surface area contributed by atoms with E-state index in [4.69, 9.17) is 0 Å². The second-order valence-electron chi connectivity index (χ2n) is 6.03. The molecule has 1 atom stereocenters. The second-order valence-corrected chi connectivity index (χ2v) is 6.03. The van der Waals surface area contributed by atoms with E-state index in [1.807, 2.05) is 12.1 Å². The molecule has 4 rings (SSSR count). The Morgan fingerprint density at radius 1 is 1.26 bits per heavy atom. The van der Waals surface area contributed by atoms with Crippen molar-refractivity contribution in [2.24, 2.45) is 0 Å². The van der Waals surface area contributed by atoms with Gasteiger partial charge in [-0.2, -0.15) is 0 Å². The van der Waals surface area contributed by atoms with Crippen molar-refractivity contribution in [3.63, 3.8) is 0 Å². The van der Waals surface area contributed by atoms with Gasteiger partial charge in [-0.15, -0.1) is 0 Å². The molecule has 2 aromatic rings. The predicted molar refractivity (Wildman–Crippen MR) is 83.0 cm³/mol. The average molecular weight is 311 g/mol. The van der Waals surface area contributed by atoms with Crippen LogP contribution >= 0.6 is 0 Å². The number of carbonyl (C=O) groups excluding carboxylic acids is 2. The van der Waals surface area contributed by atoms with Crippen molar-refractivity contribution >= 4 is 17.8 Å². The second kappa shape index (κ2) is 5.19. The predicted octanol–water partition coefficient (Wildman–Crippen LogP) is 1.62. The summed E-state index contributed by atoms with van der Waals surface area (Å²) in [5.74, 6) is 0.662. The van der Waals surface area contributed by atoms with Crippen molar-refractivity contribution in [3.8, 4) is 0 Å². The Labute approximate surface area is 133 Å². The van der Waals surface area contributed by atoms with Crippen molar-refractivity contribution < 1.29 is 9.59 Å². The number of carbonyl (C=O) groups is 2. The van der Waals surface area contributed by atoms with Crippen molar-refractivity contribution in [1.29, 1.82) is 0 Å². The fourth-order valence-corrected chi connectivity index (χ4v) is 3.60. The molecule has 1 unspecified atom stereocenters. The van der Waals surface area contributed by atoms with Gasteiger partial charge in [-0.1, -0.05) is 6.07 Å². The number of likely N-dealkylation sites (tertiary alicyclic amines) is 1. The number of rotatable bonds is 0. The normalized spacial score (nSPS) is 23.5. The number of nitrogens with one attached hydrogen (secondary N) is 1. The summed E-state index contributed by atoms with van der Waals surface area (Å²) in [5.41, 5.74) is 0.398. The lowest BCUT2D eigenvalue weighted by Crippen LogP contribution is -2.38. The highest BCUT2D eigenvalue weighted by atomic mass is 16.2. The van der Waals surface area contributed by atoms with Crippen LogP contribution in [0.15, 0.2) is 37.1 Å². The van der Waals surface area contributed by atoms with Crippen LogP contribution in [-0.4, -0.2) is 44.5 Å². The first-order valence-corrected chi connectivity index (χ1v) is 7.75. The fraction of sp³-hybridized carbons (Fsp3) is 0.375. The number of aromatic nitrogens is 3. The van der Waals surface area contributed by atoms with E-state index in [9.17, 15) is 9.59 Å². The quantitative estimate of drug-likeness (QED) is 0.802. The van der Waals surface area contributed by atoms with E-state index in [0.29, 0.717) is 25.3 Å². The highest BCUT2D eigenvalue weighted by molar-refractivity contribution is 6.05. The van der Waals surface area contributed by atoms with Crippen molar-refractivity contribution in [2.75, 3.05) is 18.4 Å². The third-order valence-corrected chi connectivity index (χ3v) is 4.83. The van der Waals surface area contributed by atoms with Gasteiger partial charge >= 0.3 is 6.03 Å². The van der Waals surface area contributed by atoms with Crippen LogP contribution in [0.4, 0.5) is 10.6 Å². The lowest BCUT2D eigenvalue weighted by atomic mass is 9.76. The molecule has 2 aliphatic rings. The van der Waals surface area contributed by atoms with Crippen LogP contribution in [0.2, 0.25) is 0 Å². The largest absolute Gasteiger partial charge is 0.329 e. The van der Waals surface area contributed by atoms with E-state index in [0.717, 1.165) is 18.4 Å². The Kier molecular flexibility index (Phi) is 3.14. The molecule has 7 nitrogen and oxygen atoms in total. The fourth-order valence-electron chi connectivity index (χ4n) is 3.60. The maximum Gasteiger partial charge on any atom is 0.329 e. The Bertz CT molecular complexity index is 758. The van der Waals surface area contributed by atoms with Crippen LogP contribution in [0, 0.1) is 0 Å². The van der Waals surface area contributed by atoms with E-state index in [1.54, 1.807) is 23.5 Å². The van der Waals surface area contributed by atoms with Crippen molar-refractivity contribution in [1.82, 2.24) is 19.4 Å². The molecule has 0 saturated carbocycles. The standard InChI is InChI=1S/C16H17N5O2/c22-14-16(12-3-1-6-18-13(12)19-14)4-2-8-20(9-5-16)15(23)21-10-7-17-11-21/h1,3,6-7,10-11H,2,4-5,8-9H2,(H,18,19,22). The first-order chi connectivity index (χ1) is 11.2. The number of imidazole rings is 1. The molecule has 0 aromatic carbocycles. The molecule has 23 heavy (non-hydrogen) atoms. The lowest BCUT2D eigenvalue weighted by Gasteiger charge is -2.25. The molecule has 1 spiro atoms. The number of anilines is 1. The molecule has 2 aromatic heterocycles. The minimum atomic E-state index is -0.562. The maximum absolute atomic E-state index is 12.6. The Hall–Kier alpha value is -2.70. The number of nitrogens with zero attached hydrogens (tertiary/aromatic N) is 4. The summed E-state index contributed by atoms with van der Waals surface area (Å²) < 4.78 is 1.47. The number of hydrogen-bond donors (Lipinski definition) is 1. The minimum absolute atomic E-state index is 0.00290. The van der Waals surface area contributed by atoms with E-state index in [1.165, 1.54) is 10.9 Å². The molecule has 118 valence electrons. The van der Waals surface area contributed by atoms with E-state index in [-0.39, 0.29) is 11.9 Å². The van der Waals surface area contributed by atoms with Gasteiger partial charge in [0.1, 0.15) is 12.1 Å². The SMILES string of the molecule is O=C(N1CCCC2(CC1)C(=O)Nc1ncccc12)n1ccnc1. The van der Waals surface area contributed by atoms with Gasteiger partial charge in [0.05, 0.1) is 5.41 Å². The van der Waals surface area contributed by atoms with Crippen LogP contribution in [0.3, 0.4) is 0 Å². The average Bonchev–Trinajstić information content (AvgIpc) is 3.11. The summed E-state index contributed by atoms with van der Waals surface area (Å²) >= 11 is 0. The molecule has 2 amide bonds. The molecular weight excluding hydrogens is 294 g/mol. The lowest BCUT2D eigenvalue weighted by molar-refractivity contribution is -0.121. The summed E-state index contributed by atoms with van der Waals surface area (Å²) in [6, 6.07) is 3.73. The number of hydrogen-bond acceptors (Lipinski definition) is 4. The molecule has 4 heterocycles. The summed E-state index contributed by atoms with van der Waals surface area (Å²) in [7, 11) is 0. The Morgan fingerprint density at radius 2 is 2.17 bits per heavy atom. The van der Waals surface area contributed by atoms with Crippen LogP contribution < -0.4 is 5.32 Å². The molecule has 0 aliphatic carbocycles. The third kappa shape index (κ3) is 2.11. The zero-order valence-corrected chi connectivity index (χ0v) is 12.6.